The number of nitrogens with two attached hydrogens (primary N) is 1. The Morgan fingerprint density at radius 2 is 2.20 bits per heavy atom. The Bertz CT molecular complexity index is 570. The molecule has 6 heteroatoms. The summed E-state index contributed by atoms with van der Waals surface area (Å²) < 4.78 is 28.4. The highest BCUT2D eigenvalue weighted by Gasteiger charge is 2.27. The first-order valence-electron chi connectivity index (χ1n) is 6.86. The van der Waals surface area contributed by atoms with E-state index in [1.165, 1.54) is 0 Å². The van der Waals surface area contributed by atoms with E-state index in [0.29, 0.717) is 23.7 Å². The van der Waals surface area contributed by atoms with Gasteiger partial charge >= 0.3 is 0 Å². The SMILES string of the molecule is CC(C)Oc1cc(NCC2CCS(=O)(=O)C2)ccc1N. The molecule has 1 aliphatic heterocycles. The van der Waals surface area contributed by atoms with Crippen molar-refractivity contribution in [2.45, 2.75) is 26.4 Å². The topological polar surface area (TPSA) is 81.4 Å². The Hall–Kier alpha value is -1.43. The van der Waals surface area contributed by atoms with Crippen LogP contribution in [-0.2, 0) is 9.84 Å². The van der Waals surface area contributed by atoms with Crippen molar-refractivity contribution < 1.29 is 13.2 Å². The lowest BCUT2D eigenvalue weighted by molar-refractivity contribution is 0.244. The van der Waals surface area contributed by atoms with Crippen LogP contribution < -0.4 is 15.8 Å². The third-order valence-electron chi connectivity index (χ3n) is 3.30. The first kappa shape index (κ1) is 15.0. The van der Waals surface area contributed by atoms with Gasteiger partial charge < -0.3 is 15.8 Å². The summed E-state index contributed by atoms with van der Waals surface area (Å²) in [5.74, 6) is 1.43. The van der Waals surface area contributed by atoms with Gasteiger partial charge in [-0.3, -0.25) is 0 Å². The molecule has 0 aliphatic carbocycles. The first-order valence-corrected chi connectivity index (χ1v) is 8.68. The molecule has 112 valence electrons. The summed E-state index contributed by atoms with van der Waals surface area (Å²) in [6, 6.07) is 5.54. The van der Waals surface area contributed by atoms with Crippen LogP contribution in [0, 0.1) is 5.92 Å². The molecule has 0 bridgehead atoms. The molecule has 0 aromatic heterocycles. The summed E-state index contributed by atoms with van der Waals surface area (Å²) in [6.07, 6.45) is 0.798. The maximum atomic E-state index is 11.4. The van der Waals surface area contributed by atoms with E-state index >= 15 is 0 Å². The fraction of sp³-hybridized carbons (Fsp3) is 0.571. The molecule has 1 unspecified atom stereocenters. The second-order valence-corrected chi connectivity index (χ2v) is 7.80. The van der Waals surface area contributed by atoms with Crippen LogP contribution in [0.2, 0.25) is 0 Å². The molecule has 1 aromatic rings. The maximum absolute atomic E-state index is 11.4. The zero-order valence-electron chi connectivity index (χ0n) is 11.9. The molecular formula is C14H22N2O3S. The molecule has 0 spiro atoms. The lowest BCUT2D eigenvalue weighted by Gasteiger charge is -2.15. The number of sulfone groups is 1. The highest BCUT2D eigenvalue weighted by molar-refractivity contribution is 7.91. The zero-order valence-corrected chi connectivity index (χ0v) is 12.7. The van der Waals surface area contributed by atoms with Crippen LogP contribution in [0.25, 0.3) is 0 Å². The van der Waals surface area contributed by atoms with Gasteiger partial charge in [-0.25, -0.2) is 8.42 Å². The summed E-state index contributed by atoms with van der Waals surface area (Å²) >= 11 is 0. The fourth-order valence-corrected chi connectivity index (χ4v) is 4.16. The largest absolute Gasteiger partial charge is 0.489 e. The number of anilines is 2. The number of rotatable bonds is 5. The van der Waals surface area contributed by atoms with Crippen molar-refractivity contribution >= 4 is 21.2 Å². The van der Waals surface area contributed by atoms with Gasteiger partial charge in [0.15, 0.2) is 9.84 Å². The van der Waals surface area contributed by atoms with Crippen LogP contribution in [0.3, 0.4) is 0 Å². The predicted molar refractivity (Wildman–Crippen MR) is 81.9 cm³/mol. The molecule has 3 N–H and O–H groups in total. The normalized spacial score (nSPS) is 21.1. The highest BCUT2D eigenvalue weighted by Crippen LogP contribution is 2.27. The molecule has 5 nitrogen and oxygen atoms in total. The molecule has 0 amide bonds. The summed E-state index contributed by atoms with van der Waals surface area (Å²) in [5, 5.41) is 3.27. The lowest BCUT2D eigenvalue weighted by atomic mass is 10.1. The van der Waals surface area contributed by atoms with E-state index in [0.717, 1.165) is 12.1 Å². The molecule has 20 heavy (non-hydrogen) atoms. The van der Waals surface area contributed by atoms with Crippen LogP contribution in [0.5, 0.6) is 5.75 Å². The third kappa shape index (κ3) is 4.03. The Morgan fingerprint density at radius 1 is 1.45 bits per heavy atom. The standard InChI is InChI=1S/C14H22N2O3S/c1-10(2)19-14-7-12(3-4-13(14)15)16-8-11-5-6-20(17,18)9-11/h3-4,7,10-11,16H,5-6,8-9,15H2,1-2H3. The summed E-state index contributed by atoms with van der Waals surface area (Å²) in [6.45, 7) is 4.55. The third-order valence-corrected chi connectivity index (χ3v) is 5.13. The quantitative estimate of drug-likeness (QED) is 0.811. The van der Waals surface area contributed by atoms with Crippen molar-refractivity contribution in [1.29, 1.82) is 0 Å². The number of hydrogen-bond acceptors (Lipinski definition) is 5. The molecule has 1 aliphatic rings. The Kier molecular flexibility index (Phi) is 4.42. The van der Waals surface area contributed by atoms with Crippen molar-refractivity contribution in [3.8, 4) is 5.75 Å². The Balaban J connectivity index is 1.96. The zero-order chi connectivity index (χ0) is 14.8. The van der Waals surface area contributed by atoms with Crippen LogP contribution in [0.15, 0.2) is 18.2 Å². The number of benzene rings is 1. The molecular weight excluding hydrogens is 276 g/mol. The van der Waals surface area contributed by atoms with Crippen molar-refractivity contribution in [3.05, 3.63) is 18.2 Å². The molecule has 2 rings (SSSR count). The van der Waals surface area contributed by atoms with E-state index < -0.39 is 9.84 Å². The number of nitrogen functional groups attached to an aromatic ring is 1. The number of hydrogen-bond donors (Lipinski definition) is 2. The van der Waals surface area contributed by atoms with Crippen LogP contribution in [0.1, 0.15) is 20.3 Å². The minimum absolute atomic E-state index is 0.0625. The van der Waals surface area contributed by atoms with Gasteiger partial charge in [-0.1, -0.05) is 0 Å². The number of nitrogens with one attached hydrogen (secondary N) is 1. The molecule has 1 heterocycles. The van der Waals surface area contributed by atoms with E-state index in [2.05, 4.69) is 5.32 Å². The monoisotopic (exact) mass is 298 g/mol. The average molecular weight is 298 g/mol. The Morgan fingerprint density at radius 3 is 2.80 bits per heavy atom. The van der Waals surface area contributed by atoms with Gasteiger partial charge in [0.1, 0.15) is 5.75 Å². The lowest BCUT2D eigenvalue weighted by Crippen LogP contribution is -2.16. The van der Waals surface area contributed by atoms with Crippen molar-refractivity contribution in [2.75, 3.05) is 29.1 Å². The van der Waals surface area contributed by atoms with E-state index in [1.807, 2.05) is 26.0 Å². The van der Waals surface area contributed by atoms with Gasteiger partial charge in [-0.2, -0.15) is 0 Å². The molecule has 1 saturated heterocycles. The molecule has 0 radical (unpaired) electrons. The van der Waals surface area contributed by atoms with Crippen molar-refractivity contribution in [1.82, 2.24) is 0 Å². The van der Waals surface area contributed by atoms with E-state index in [-0.39, 0.29) is 17.8 Å². The smallest absolute Gasteiger partial charge is 0.150 e. The minimum atomic E-state index is -2.82. The Labute approximate surface area is 120 Å². The highest BCUT2D eigenvalue weighted by atomic mass is 32.2. The van der Waals surface area contributed by atoms with E-state index in [4.69, 9.17) is 10.5 Å². The van der Waals surface area contributed by atoms with Gasteiger partial charge in [-0.05, 0) is 38.3 Å². The predicted octanol–water partition coefficient (Wildman–Crippen LogP) is 1.90. The summed E-state index contributed by atoms with van der Waals surface area (Å²) in [7, 11) is -2.82. The van der Waals surface area contributed by atoms with Crippen molar-refractivity contribution in [3.63, 3.8) is 0 Å². The van der Waals surface area contributed by atoms with Gasteiger partial charge in [0.25, 0.3) is 0 Å². The van der Waals surface area contributed by atoms with E-state index in [1.54, 1.807) is 6.07 Å². The summed E-state index contributed by atoms with van der Waals surface area (Å²) in [5.41, 5.74) is 7.37. The van der Waals surface area contributed by atoms with Crippen molar-refractivity contribution in [2.24, 2.45) is 5.92 Å². The average Bonchev–Trinajstić information content (AvgIpc) is 2.69. The molecule has 1 aromatic carbocycles. The van der Waals surface area contributed by atoms with Gasteiger partial charge in [0, 0.05) is 18.3 Å². The van der Waals surface area contributed by atoms with E-state index in [9.17, 15) is 8.42 Å². The summed E-state index contributed by atoms with van der Waals surface area (Å²) in [4.78, 5) is 0. The minimum Gasteiger partial charge on any atom is -0.489 e. The maximum Gasteiger partial charge on any atom is 0.150 e. The fourth-order valence-electron chi connectivity index (χ4n) is 2.30. The molecule has 1 atom stereocenters. The van der Waals surface area contributed by atoms with Gasteiger partial charge in [-0.15, -0.1) is 0 Å². The second kappa shape index (κ2) is 5.91. The van der Waals surface area contributed by atoms with Gasteiger partial charge in [0.2, 0.25) is 0 Å². The van der Waals surface area contributed by atoms with Gasteiger partial charge in [0.05, 0.1) is 23.3 Å². The molecule has 0 saturated carbocycles. The van der Waals surface area contributed by atoms with Crippen LogP contribution >= 0.6 is 0 Å². The first-order chi connectivity index (χ1) is 9.35. The molecule has 1 fully saturated rings. The van der Waals surface area contributed by atoms with Crippen LogP contribution in [-0.4, -0.2) is 32.6 Å². The number of ether oxygens (including phenoxy) is 1. The second-order valence-electron chi connectivity index (χ2n) is 5.57. The van der Waals surface area contributed by atoms with Crippen LogP contribution in [0.4, 0.5) is 11.4 Å².